The zero-order valence-corrected chi connectivity index (χ0v) is 11.5. The molecule has 4 N–H and O–H groups in total. The molecule has 0 aliphatic rings. The summed E-state index contributed by atoms with van der Waals surface area (Å²) >= 11 is 0. The average Bonchev–Trinajstić information content (AvgIpc) is 2.40. The van der Waals surface area contributed by atoms with Crippen LogP contribution >= 0.6 is 0 Å². The number of carbonyl (C=O) groups excluding carboxylic acids is 1. The highest BCUT2D eigenvalue weighted by molar-refractivity contribution is 6.05. The van der Waals surface area contributed by atoms with Crippen molar-refractivity contribution in [3.05, 3.63) is 23.8 Å². The van der Waals surface area contributed by atoms with E-state index in [9.17, 15) is 4.79 Å². The van der Waals surface area contributed by atoms with Crippen molar-refractivity contribution in [2.45, 2.75) is 13.8 Å². The third-order valence-corrected chi connectivity index (χ3v) is 2.82. The van der Waals surface area contributed by atoms with E-state index in [0.717, 1.165) is 0 Å². The predicted molar refractivity (Wildman–Crippen MR) is 75.9 cm³/mol. The van der Waals surface area contributed by atoms with Gasteiger partial charge in [0.15, 0.2) is 0 Å². The molecule has 19 heavy (non-hydrogen) atoms. The van der Waals surface area contributed by atoms with Crippen molar-refractivity contribution >= 4 is 17.6 Å². The number of nitrogen functional groups attached to an aromatic ring is 1. The van der Waals surface area contributed by atoms with Crippen LogP contribution in [0.15, 0.2) is 18.2 Å². The molecule has 1 aromatic rings. The van der Waals surface area contributed by atoms with E-state index in [1.54, 1.807) is 23.1 Å². The van der Waals surface area contributed by atoms with Crippen LogP contribution < -0.4 is 15.8 Å². The summed E-state index contributed by atoms with van der Waals surface area (Å²) in [6.45, 7) is 5.01. The van der Waals surface area contributed by atoms with Gasteiger partial charge in [0.25, 0.3) is 0 Å². The van der Waals surface area contributed by atoms with E-state index in [1.165, 1.54) is 7.11 Å². The second-order valence-electron chi connectivity index (χ2n) is 3.90. The fraction of sp³-hybridized carbons (Fsp3) is 0.385. The van der Waals surface area contributed by atoms with Gasteiger partial charge in [-0.2, -0.15) is 0 Å². The minimum absolute atomic E-state index is 0.117. The highest BCUT2D eigenvalue weighted by Crippen LogP contribution is 2.28. The number of hydrogen-bond donors (Lipinski definition) is 3. The van der Waals surface area contributed by atoms with E-state index < -0.39 is 0 Å². The molecule has 2 amide bonds. The van der Waals surface area contributed by atoms with Crippen LogP contribution in [0.3, 0.4) is 0 Å². The lowest BCUT2D eigenvalue weighted by Gasteiger charge is -2.21. The third kappa shape index (κ3) is 3.37. The van der Waals surface area contributed by atoms with E-state index >= 15 is 0 Å². The van der Waals surface area contributed by atoms with Crippen molar-refractivity contribution in [2.24, 2.45) is 5.73 Å². The molecular weight excluding hydrogens is 244 g/mol. The molecule has 0 fully saturated rings. The van der Waals surface area contributed by atoms with Crippen molar-refractivity contribution in [3.63, 3.8) is 0 Å². The Bertz CT molecular complexity index is 470. The number of hydrogen-bond acceptors (Lipinski definition) is 3. The number of carbonyl (C=O) groups is 1. The number of urea groups is 1. The van der Waals surface area contributed by atoms with Gasteiger partial charge in [-0.1, -0.05) is 6.07 Å². The maximum atomic E-state index is 12.1. The molecule has 0 atom stereocenters. The molecule has 6 nitrogen and oxygen atoms in total. The summed E-state index contributed by atoms with van der Waals surface area (Å²) in [6.07, 6.45) is 0. The van der Waals surface area contributed by atoms with Crippen molar-refractivity contribution < 1.29 is 9.53 Å². The van der Waals surface area contributed by atoms with E-state index in [0.29, 0.717) is 30.1 Å². The van der Waals surface area contributed by atoms with Gasteiger partial charge in [-0.25, -0.2) is 4.79 Å². The van der Waals surface area contributed by atoms with Crippen LogP contribution in [0.1, 0.15) is 19.4 Å². The number of nitrogens with two attached hydrogens (primary N) is 1. The van der Waals surface area contributed by atoms with Crippen molar-refractivity contribution in [3.8, 4) is 5.75 Å². The summed E-state index contributed by atoms with van der Waals surface area (Å²) in [6, 6.07) is 4.87. The van der Waals surface area contributed by atoms with Gasteiger partial charge in [0.05, 0.1) is 12.8 Å². The van der Waals surface area contributed by atoms with Gasteiger partial charge in [-0.05, 0) is 26.0 Å². The van der Waals surface area contributed by atoms with Crippen LogP contribution in [-0.4, -0.2) is 37.0 Å². The SMILES string of the molecule is CCN(CC)C(=O)Nc1c(OC)cccc1C(=N)N. The summed E-state index contributed by atoms with van der Waals surface area (Å²) in [4.78, 5) is 13.7. The molecule has 0 aromatic heterocycles. The quantitative estimate of drug-likeness (QED) is 0.560. The Hall–Kier alpha value is -2.24. The van der Waals surface area contributed by atoms with Gasteiger partial charge in [-0.3, -0.25) is 5.41 Å². The third-order valence-electron chi connectivity index (χ3n) is 2.82. The molecule has 104 valence electrons. The Labute approximate surface area is 113 Å². The highest BCUT2D eigenvalue weighted by atomic mass is 16.5. The first kappa shape index (κ1) is 14.8. The number of rotatable bonds is 5. The molecule has 0 aliphatic carbocycles. The lowest BCUT2D eigenvalue weighted by molar-refractivity contribution is 0.217. The van der Waals surface area contributed by atoms with Gasteiger partial charge in [0.2, 0.25) is 0 Å². The molecule has 1 aromatic carbocycles. The molecule has 1 rings (SSSR count). The minimum atomic E-state index is -0.239. The van der Waals surface area contributed by atoms with E-state index in [4.69, 9.17) is 15.9 Å². The van der Waals surface area contributed by atoms with Crippen LogP contribution in [0.25, 0.3) is 0 Å². The Morgan fingerprint density at radius 2 is 2.05 bits per heavy atom. The zero-order valence-electron chi connectivity index (χ0n) is 11.5. The number of amidine groups is 1. The fourth-order valence-corrected chi connectivity index (χ4v) is 1.75. The topological polar surface area (TPSA) is 91.4 Å². The maximum Gasteiger partial charge on any atom is 0.321 e. The van der Waals surface area contributed by atoms with Crippen LogP contribution in [-0.2, 0) is 0 Å². The standard InChI is InChI=1S/C13H20N4O2/c1-4-17(5-2)13(18)16-11-9(12(14)15)7-6-8-10(11)19-3/h6-8H,4-5H2,1-3H3,(H3,14,15)(H,16,18). The summed E-state index contributed by atoms with van der Waals surface area (Å²) < 4.78 is 5.20. The molecule has 6 heteroatoms. The second-order valence-corrected chi connectivity index (χ2v) is 3.90. The van der Waals surface area contributed by atoms with Gasteiger partial charge < -0.3 is 20.7 Å². The summed E-state index contributed by atoms with van der Waals surface area (Å²) in [7, 11) is 1.51. The molecule has 0 saturated heterocycles. The van der Waals surface area contributed by atoms with Crippen molar-refractivity contribution in [1.82, 2.24) is 4.90 Å². The first-order chi connectivity index (χ1) is 9.04. The minimum Gasteiger partial charge on any atom is -0.495 e. The molecule has 0 heterocycles. The molecular formula is C13H20N4O2. The molecule has 0 spiro atoms. The number of methoxy groups -OCH3 is 1. The number of nitrogens with one attached hydrogen (secondary N) is 2. The number of para-hydroxylation sites is 1. The maximum absolute atomic E-state index is 12.1. The van der Waals surface area contributed by atoms with Crippen LogP contribution in [0.4, 0.5) is 10.5 Å². The number of nitrogens with zero attached hydrogens (tertiary/aromatic N) is 1. The van der Waals surface area contributed by atoms with E-state index in [2.05, 4.69) is 5.32 Å². The van der Waals surface area contributed by atoms with Crippen molar-refractivity contribution in [2.75, 3.05) is 25.5 Å². The lowest BCUT2D eigenvalue weighted by Crippen LogP contribution is -2.35. The number of ether oxygens (including phenoxy) is 1. The average molecular weight is 264 g/mol. The normalized spacial score (nSPS) is 9.84. The van der Waals surface area contributed by atoms with Crippen LogP contribution in [0, 0.1) is 5.41 Å². The smallest absolute Gasteiger partial charge is 0.321 e. The van der Waals surface area contributed by atoms with Gasteiger partial charge in [0.1, 0.15) is 11.6 Å². The Morgan fingerprint density at radius 1 is 1.42 bits per heavy atom. The largest absolute Gasteiger partial charge is 0.495 e. The second kappa shape index (κ2) is 6.63. The first-order valence-corrected chi connectivity index (χ1v) is 6.12. The number of benzene rings is 1. The van der Waals surface area contributed by atoms with Gasteiger partial charge >= 0.3 is 6.03 Å². The summed E-state index contributed by atoms with van der Waals surface area (Å²) in [5.41, 5.74) is 6.39. The Morgan fingerprint density at radius 3 is 2.53 bits per heavy atom. The fourth-order valence-electron chi connectivity index (χ4n) is 1.75. The van der Waals surface area contributed by atoms with Gasteiger partial charge in [-0.15, -0.1) is 0 Å². The lowest BCUT2D eigenvalue weighted by atomic mass is 10.1. The van der Waals surface area contributed by atoms with E-state index in [-0.39, 0.29) is 11.9 Å². The van der Waals surface area contributed by atoms with Crippen LogP contribution in [0.2, 0.25) is 0 Å². The zero-order chi connectivity index (χ0) is 14.4. The first-order valence-electron chi connectivity index (χ1n) is 6.12. The molecule has 0 bridgehead atoms. The molecule has 0 unspecified atom stereocenters. The molecule has 0 saturated carbocycles. The molecule has 0 radical (unpaired) electrons. The number of amides is 2. The van der Waals surface area contributed by atoms with E-state index in [1.807, 2.05) is 13.8 Å². The van der Waals surface area contributed by atoms with Crippen molar-refractivity contribution in [1.29, 1.82) is 5.41 Å². The monoisotopic (exact) mass is 264 g/mol. The Kier molecular flexibility index (Phi) is 5.17. The van der Waals surface area contributed by atoms with Crippen LogP contribution in [0.5, 0.6) is 5.75 Å². The van der Waals surface area contributed by atoms with Gasteiger partial charge in [0, 0.05) is 18.7 Å². The summed E-state index contributed by atoms with van der Waals surface area (Å²) in [5.74, 6) is 0.363. The predicted octanol–water partition coefficient (Wildman–Crippen LogP) is 1.85. The number of anilines is 1. The Balaban J connectivity index is 3.11. The summed E-state index contributed by atoms with van der Waals surface area (Å²) in [5, 5.41) is 10.3. The molecule has 0 aliphatic heterocycles. The highest BCUT2D eigenvalue weighted by Gasteiger charge is 2.16.